The van der Waals surface area contributed by atoms with Gasteiger partial charge in [0.1, 0.15) is 0 Å². The summed E-state index contributed by atoms with van der Waals surface area (Å²) in [6.45, 7) is 4.42. The van der Waals surface area contributed by atoms with E-state index in [1.54, 1.807) is 7.11 Å². The molecule has 0 spiro atoms. The van der Waals surface area contributed by atoms with Crippen molar-refractivity contribution >= 4 is 11.9 Å². The summed E-state index contributed by atoms with van der Waals surface area (Å²) in [7, 11) is 1.56. The quantitative estimate of drug-likeness (QED) is 0.677. The second-order valence-electron chi connectivity index (χ2n) is 3.98. The van der Waals surface area contributed by atoms with Crippen molar-refractivity contribution in [3.8, 4) is 0 Å². The molecule has 0 aromatic carbocycles. The third-order valence-electron chi connectivity index (χ3n) is 2.57. The molecule has 98 valence electrons. The smallest absolute Gasteiger partial charge is 0.305 e. The molecule has 2 unspecified atom stereocenters. The second kappa shape index (κ2) is 5.97. The number of ether oxygens (including phenoxy) is 4. The highest BCUT2D eigenvalue weighted by Gasteiger charge is 2.42. The summed E-state index contributed by atoms with van der Waals surface area (Å²) in [6, 6.07) is 0. The highest BCUT2D eigenvalue weighted by Crippen LogP contribution is 2.27. The van der Waals surface area contributed by atoms with E-state index in [1.165, 1.54) is 13.8 Å². The third-order valence-corrected chi connectivity index (χ3v) is 2.57. The van der Waals surface area contributed by atoms with Gasteiger partial charge in [-0.1, -0.05) is 0 Å². The zero-order valence-electron chi connectivity index (χ0n) is 10.5. The predicted octanol–water partition coefficient (Wildman–Crippen LogP) is 0.631. The molecule has 1 rings (SSSR count). The van der Waals surface area contributed by atoms with Gasteiger partial charge in [-0.05, 0) is 6.92 Å². The first kappa shape index (κ1) is 13.9. The van der Waals surface area contributed by atoms with Crippen LogP contribution in [0.25, 0.3) is 0 Å². The Labute approximate surface area is 100 Å². The summed E-state index contributed by atoms with van der Waals surface area (Å²) in [5, 5.41) is 0. The van der Waals surface area contributed by atoms with Gasteiger partial charge in [0.25, 0.3) is 0 Å². The minimum absolute atomic E-state index is 0.159. The molecule has 0 bridgehead atoms. The minimum Gasteiger partial charge on any atom is -0.456 e. The van der Waals surface area contributed by atoms with Crippen molar-refractivity contribution in [2.45, 2.75) is 51.8 Å². The summed E-state index contributed by atoms with van der Waals surface area (Å²) < 4.78 is 20.6. The van der Waals surface area contributed by atoms with E-state index in [1.807, 2.05) is 6.92 Å². The molecule has 0 saturated carbocycles. The van der Waals surface area contributed by atoms with Crippen LogP contribution in [-0.4, -0.2) is 43.7 Å². The summed E-state index contributed by atoms with van der Waals surface area (Å²) >= 11 is 0. The van der Waals surface area contributed by atoms with Crippen LogP contribution in [0.15, 0.2) is 0 Å². The van der Waals surface area contributed by atoms with E-state index in [0.29, 0.717) is 6.42 Å². The molecule has 1 saturated heterocycles. The zero-order chi connectivity index (χ0) is 13.0. The molecule has 1 aliphatic heterocycles. The van der Waals surface area contributed by atoms with Crippen LogP contribution in [-0.2, 0) is 28.5 Å². The maximum atomic E-state index is 10.9. The van der Waals surface area contributed by atoms with E-state index < -0.39 is 24.3 Å². The van der Waals surface area contributed by atoms with Crippen LogP contribution in [0.5, 0.6) is 0 Å². The van der Waals surface area contributed by atoms with Crippen LogP contribution in [0, 0.1) is 0 Å². The van der Waals surface area contributed by atoms with Crippen LogP contribution >= 0.6 is 0 Å². The largest absolute Gasteiger partial charge is 0.456 e. The molecule has 0 amide bonds. The van der Waals surface area contributed by atoms with Crippen molar-refractivity contribution in [2.24, 2.45) is 0 Å². The Balaban J connectivity index is 2.64. The van der Waals surface area contributed by atoms with E-state index in [0.717, 1.165) is 0 Å². The van der Waals surface area contributed by atoms with E-state index in [-0.39, 0.29) is 12.2 Å². The van der Waals surface area contributed by atoms with Crippen LogP contribution < -0.4 is 0 Å². The van der Waals surface area contributed by atoms with Crippen LogP contribution in [0.3, 0.4) is 0 Å². The molecular formula is C11H18O6. The van der Waals surface area contributed by atoms with Gasteiger partial charge in [0.15, 0.2) is 6.10 Å². The topological polar surface area (TPSA) is 71.1 Å². The lowest BCUT2D eigenvalue weighted by Gasteiger charge is -2.18. The molecule has 1 fully saturated rings. The van der Waals surface area contributed by atoms with Crippen molar-refractivity contribution in [1.29, 1.82) is 0 Å². The SMILES string of the molecule is COC(C)[C@@H]1C[C@@H](OC(C)=O)C(OC(C)=O)O1. The number of hydrogen-bond acceptors (Lipinski definition) is 6. The number of carbonyl (C=O) groups excluding carboxylic acids is 2. The molecule has 0 N–H and O–H groups in total. The van der Waals surface area contributed by atoms with Crippen molar-refractivity contribution in [1.82, 2.24) is 0 Å². The lowest BCUT2D eigenvalue weighted by atomic mass is 10.1. The van der Waals surface area contributed by atoms with E-state index in [4.69, 9.17) is 18.9 Å². The highest BCUT2D eigenvalue weighted by atomic mass is 16.7. The summed E-state index contributed by atoms with van der Waals surface area (Å²) in [5.41, 5.74) is 0. The Bertz CT molecular complexity index is 266. The van der Waals surface area contributed by atoms with Gasteiger partial charge in [0.05, 0.1) is 12.2 Å². The standard InChI is InChI=1S/C11H18O6/c1-6(14-4)9-5-10(15-7(2)12)11(17-9)16-8(3)13/h6,9-11H,5H2,1-4H3/t6?,9-,10+,11?/m0/s1. The first-order valence-electron chi connectivity index (χ1n) is 5.46. The first-order chi connectivity index (χ1) is 7.93. The van der Waals surface area contributed by atoms with Crippen molar-refractivity contribution in [2.75, 3.05) is 7.11 Å². The normalized spacial score (nSPS) is 29.8. The number of hydrogen-bond donors (Lipinski definition) is 0. The Morgan fingerprint density at radius 1 is 1.24 bits per heavy atom. The maximum absolute atomic E-state index is 10.9. The second-order valence-corrected chi connectivity index (χ2v) is 3.98. The molecule has 0 aromatic rings. The monoisotopic (exact) mass is 246 g/mol. The summed E-state index contributed by atoms with van der Waals surface area (Å²) in [4.78, 5) is 21.8. The van der Waals surface area contributed by atoms with Gasteiger partial charge in [-0.15, -0.1) is 0 Å². The molecule has 1 aliphatic rings. The first-order valence-corrected chi connectivity index (χ1v) is 5.46. The van der Waals surface area contributed by atoms with Gasteiger partial charge in [-0.3, -0.25) is 9.59 Å². The molecule has 6 nitrogen and oxygen atoms in total. The highest BCUT2D eigenvalue weighted by molar-refractivity contribution is 5.67. The molecule has 0 aliphatic carbocycles. The van der Waals surface area contributed by atoms with E-state index >= 15 is 0 Å². The average Bonchev–Trinajstić information content (AvgIpc) is 2.58. The number of rotatable bonds is 4. The molecule has 1 heterocycles. The lowest BCUT2D eigenvalue weighted by molar-refractivity contribution is -0.198. The Morgan fingerprint density at radius 2 is 1.82 bits per heavy atom. The Kier molecular flexibility index (Phi) is 4.89. The Morgan fingerprint density at radius 3 is 2.29 bits per heavy atom. The van der Waals surface area contributed by atoms with Crippen molar-refractivity contribution in [3.05, 3.63) is 0 Å². The fourth-order valence-corrected chi connectivity index (χ4v) is 1.69. The minimum atomic E-state index is -0.848. The van der Waals surface area contributed by atoms with Crippen LogP contribution in [0.4, 0.5) is 0 Å². The molecule has 4 atom stereocenters. The predicted molar refractivity (Wildman–Crippen MR) is 57.1 cm³/mol. The lowest BCUT2D eigenvalue weighted by Crippen LogP contribution is -2.30. The number of carbonyl (C=O) groups is 2. The number of methoxy groups -OCH3 is 1. The summed E-state index contributed by atoms with van der Waals surface area (Å²) in [5.74, 6) is -0.903. The molecule has 0 aromatic heterocycles. The van der Waals surface area contributed by atoms with Gasteiger partial charge in [-0.25, -0.2) is 0 Å². The van der Waals surface area contributed by atoms with Gasteiger partial charge in [0.2, 0.25) is 6.29 Å². The third kappa shape index (κ3) is 3.98. The molecule has 0 radical (unpaired) electrons. The van der Waals surface area contributed by atoms with Gasteiger partial charge in [0, 0.05) is 27.4 Å². The summed E-state index contributed by atoms with van der Waals surface area (Å²) in [6.07, 6.45) is -1.38. The fraction of sp³-hybridized carbons (Fsp3) is 0.818. The van der Waals surface area contributed by atoms with Gasteiger partial charge >= 0.3 is 11.9 Å². The van der Waals surface area contributed by atoms with Gasteiger partial charge < -0.3 is 18.9 Å². The van der Waals surface area contributed by atoms with Crippen LogP contribution in [0.1, 0.15) is 27.2 Å². The van der Waals surface area contributed by atoms with E-state index in [2.05, 4.69) is 0 Å². The average molecular weight is 246 g/mol. The van der Waals surface area contributed by atoms with Crippen molar-refractivity contribution in [3.63, 3.8) is 0 Å². The maximum Gasteiger partial charge on any atom is 0.305 e. The number of esters is 2. The zero-order valence-corrected chi connectivity index (χ0v) is 10.5. The Hall–Kier alpha value is -1.14. The molecule has 6 heteroatoms. The van der Waals surface area contributed by atoms with Gasteiger partial charge in [-0.2, -0.15) is 0 Å². The fourth-order valence-electron chi connectivity index (χ4n) is 1.69. The molecular weight excluding hydrogens is 228 g/mol. The van der Waals surface area contributed by atoms with E-state index in [9.17, 15) is 9.59 Å². The van der Waals surface area contributed by atoms with Crippen LogP contribution in [0.2, 0.25) is 0 Å². The van der Waals surface area contributed by atoms with Crippen molar-refractivity contribution < 1.29 is 28.5 Å². The molecule has 17 heavy (non-hydrogen) atoms.